The number of halogens is 1. The van der Waals surface area contributed by atoms with E-state index in [4.69, 9.17) is 9.84 Å². The van der Waals surface area contributed by atoms with E-state index in [2.05, 4.69) is 15.9 Å². The van der Waals surface area contributed by atoms with E-state index in [1.165, 1.54) is 25.7 Å². The Labute approximate surface area is 109 Å². The van der Waals surface area contributed by atoms with Crippen molar-refractivity contribution in [3.63, 3.8) is 0 Å². The smallest absolute Gasteiger partial charge is 0.339 e. The monoisotopic (exact) mass is 298 g/mol. The average Bonchev–Trinajstić information content (AvgIpc) is 2.78. The number of hydrogen-bond acceptors (Lipinski definition) is 2. The number of benzene rings is 1. The quantitative estimate of drug-likeness (QED) is 0.921. The predicted molar refractivity (Wildman–Crippen MR) is 68.6 cm³/mol. The molecule has 4 heteroatoms. The Balaban J connectivity index is 2.07. The van der Waals surface area contributed by atoms with Crippen molar-refractivity contribution < 1.29 is 14.6 Å². The van der Waals surface area contributed by atoms with Crippen molar-refractivity contribution in [3.05, 3.63) is 28.2 Å². The molecule has 0 heterocycles. The van der Waals surface area contributed by atoms with Gasteiger partial charge in [-0.25, -0.2) is 4.79 Å². The number of aromatic carboxylic acids is 1. The fourth-order valence-corrected chi connectivity index (χ4v) is 2.52. The van der Waals surface area contributed by atoms with Gasteiger partial charge in [-0.1, -0.05) is 28.8 Å². The molecule has 0 amide bonds. The minimum absolute atomic E-state index is 0.228. The van der Waals surface area contributed by atoms with Gasteiger partial charge in [-0.3, -0.25) is 0 Å². The van der Waals surface area contributed by atoms with Crippen LogP contribution in [0, 0.1) is 5.92 Å². The molecule has 2 rings (SSSR count). The number of carboxylic acid groups (broad SMARTS) is 1. The predicted octanol–water partition coefficient (Wildman–Crippen LogP) is 3.72. The van der Waals surface area contributed by atoms with Crippen molar-refractivity contribution in [2.45, 2.75) is 25.7 Å². The molecule has 0 atom stereocenters. The average molecular weight is 299 g/mol. The van der Waals surface area contributed by atoms with Crippen LogP contribution in [0.3, 0.4) is 0 Å². The highest BCUT2D eigenvalue weighted by molar-refractivity contribution is 9.10. The van der Waals surface area contributed by atoms with Gasteiger partial charge in [0.25, 0.3) is 0 Å². The summed E-state index contributed by atoms with van der Waals surface area (Å²) in [4.78, 5) is 11.0. The molecule has 92 valence electrons. The molecule has 1 aromatic carbocycles. The molecule has 1 fully saturated rings. The van der Waals surface area contributed by atoms with Crippen LogP contribution in [0.2, 0.25) is 0 Å². The molecular weight excluding hydrogens is 284 g/mol. The van der Waals surface area contributed by atoms with Crippen molar-refractivity contribution in [2.24, 2.45) is 5.92 Å². The third-order valence-electron chi connectivity index (χ3n) is 3.12. The first-order valence-corrected chi connectivity index (χ1v) is 6.62. The van der Waals surface area contributed by atoms with Crippen LogP contribution in [0.4, 0.5) is 0 Å². The molecule has 1 saturated carbocycles. The van der Waals surface area contributed by atoms with E-state index in [0.717, 1.165) is 4.47 Å². The van der Waals surface area contributed by atoms with Gasteiger partial charge in [0.1, 0.15) is 11.3 Å². The summed E-state index contributed by atoms with van der Waals surface area (Å²) in [6, 6.07) is 5.00. The number of rotatable bonds is 4. The van der Waals surface area contributed by atoms with Gasteiger partial charge in [-0.2, -0.15) is 0 Å². The summed E-state index contributed by atoms with van der Waals surface area (Å²) in [5.41, 5.74) is 0.228. The number of ether oxygens (including phenoxy) is 1. The number of carbonyl (C=O) groups is 1. The molecule has 1 aromatic rings. The van der Waals surface area contributed by atoms with Crippen molar-refractivity contribution in [2.75, 3.05) is 6.61 Å². The second-order valence-corrected chi connectivity index (χ2v) is 5.32. The maximum absolute atomic E-state index is 11.0. The molecule has 0 bridgehead atoms. The lowest BCUT2D eigenvalue weighted by Gasteiger charge is -2.13. The van der Waals surface area contributed by atoms with Gasteiger partial charge in [0.05, 0.1) is 6.61 Å². The van der Waals surface area contributed by atoms with Gasteiger partial charge in [0.2, 0.25) is 0 Å². The van der Waals surface area contributed by atoms with Gasteiger partial charge in [-0.15, -0.1) is 0 Å². The fraction of sp³-hybridized carbons (Fsp3) is 0.462. The van der Waals surface area contributed by atoms with Crippen LogP contribution in [-0.2, 0) is 0 Å². The van der Waals surface area contributed by atoms with Crippen molar-refractivity contribution in [1.82, 2.24) is 0 Å². The van der Waals surface area contributed by atoms with Crippen LogP contribution in [0.1, 0.15) is 36.0 Å². The second-order valence-electron chi connectivity index (χ2n) is 4.41. The summed E-state index contributed by atoms with van der Waals surface area (Å²) < 4.78 is 6.49. The van der Waals surface area contributed by atoms with Crippen molar-refractivity contribution >= 4 is 21.9 Å². The van der Waals surface area contributed by atoms with Crippen LogP contribution in [0.5, 0.6) is 5.75 Å². The van der Waals surface area contributed by atoms with E-state index >= 15 is 0 Å². The van der Waals surface area contributed by atoms with Gasteiger partial charge in [0, 0.05) is 4.47 Å². The number of carboxylic acids is 1. The molecule has 0 aliphatic heterocycles. The van der Waals surface area contributed by atoms with Crippen LogP contribution in [-0.4, -0.2) is 17.7 Å². The first-order chi connectivity index (χ1) is 8.16. The van der Waals surface area contributed by atoms with Gasteiger partial charge in [0.15, 0.2) is 0 Å². The second kappa shape index (κ2) is 5.54. The Morgan fingerprint density at radius 1 is 1.41 bits per heavy atom. The van der Waals surface area contributed by atoms with Gasteiger partial charge < -0.3 is 9.84 Å². The van der Waals surface area contributed by atoms with Gasteiger partial charge >= 0.3 is 5.97 Å². The maximum atomic E-state index is 11.0. The molecule has 1 aliphatic carbocycles. The zero-order valence-electron chi connectivity index (χ0n) is 9.49. The molecule has 0 spiro atoms. The molecular formula is C13H15BrO3. The van der Waals surface area contributed by atoms with Crippen LogP contribution >= 0.6 is 15.9 Å². The zero-order valence-corrected chi connectivity index (χ0v) is 11.1. The summed E-state index contributed by atoms with van der Waals surface area (Å²) in [6.07, 6.45) is 4.91. The maximum Gasteiger partial charge on any atom is 0.339 e. The Kier molecular flexibility index (Phi) is 4.05. The lowest BCUT2D eigenvalue weighted by atomic mass is 10.1. The standard InChI is InChI=1S/C13H15BrO3/c14-10-5-6-11(13(15)16)12(7-10)17-8-9-3-1-2-4-9/h5-7,9H,1-4,8H2,(H,15,16). The molecule has 3 nitrogen and oxygen atoms in total. The van der Waals surface area contributed by atoms with Crippen LogP contribution < -0.4 is 4.74 Å². The lowest BCUT2D eigenvalue weighted by Crippen LogP contribution is -2.10. The van der Waals surface area contributed by atoms with E-state index < -0.39 is 5.97 Å². The van der Waals surface area contributed by atoms with Gasteiger partial charge in [-0.05, 0) is 37.0 Å². The Morgan fingerprint density at radius 2 is 2.12 bits per heavy atom. The lowest BCUT2D eigenvalue weighted by molar-refractivity contribution is 0.0691. The van der Waals surface area contributed by atoms with Crippen molar-refractivity contribution in [3.8, 4) is 5.75 Å². The normalized spacial score (nSPS) is 16.1. The first kappa shape index (κ1) is 12.4. The molecule has 0 unspecified atom stereocenters. The number of hydrogen-bond donors (Lipinski definition) is 1. The topological polar surface area (TPSA) is 46.5 Å². The zero-order chi connectivity index (χ0) is 12.3. The minimum atomic E-state index is -0.945. The molecule has 17 heavy (non-hydrogen) atoms. The Morgan fingerprint density at radius 3 is 2.76 bits per heavy atom. The minimum Gasteiger partial charge on any atom is -0.492 e. The molecule has 1 aliphatic rings. The summed E-state index contributed by atoms with van der Waals surface area (Å²) in [5.74, 6) is 0.0910. The third-order valence-corrected chi connectivity index (χ3v) is 3.62. The summed E-state index contributed by atoms with van der Waals surface area (Å²) in [5, 5.41) is 9.05. The van der Waals surface area contributed by atoms with Crippen LogP contribution in [0.15, 0.2) is 22.7 Å². The van der Waals surface area contributed by atoms with Crippen LogP contribution in [0.25, 0.3) is 0 Å². The Hall–Kier alpha value is -1.03. The summed E-state index contributed by atoms with van der Waals surface area (Å²) >= 11 is 3.33. The highest BCUT2D eigenvalue weighted by Gasteiger charge is 2.17. The summed E-state index contributed by atoms with van der Waals surface area (Å²) in [6.45, 7) is 0.622. The van der Waals surface area contributed by atoms with E-state index in [-0.39, 0.29) is 5.56 Å². The van der Waals surface area contributed by atoms with E-state index in [9.17, 15) is 4.79 Å². The Bertz CT molecular complexity index is 411. The molecule has 0 radical (unpaired) electrons. The highest BCUT2D eigenvalue weighted by atomic mass is 79.9. The first-order valence-electron chi connectivity index (χ1n) is 5.82. The highest BCUT2D eigenvalue weighted by Crippen LogP contribution is 2.28. The largest absolute Gasteiger partial charge is 0.492 e. The third kappa shape index (κ3) is 3.22. The van der Waals surface area contributed by atoms with Crippen molar-refractivity contribution in [1.29, 1.82) is 0 Å². The molecule has 1 N–H and O–H groups in total. The van der Waals surface area contributed by atoms with E-state index in [1.807, 2.05) is 0 Å². The molecule has 0 saturated heterocycles. The van der Waals surface area contributed by atoms with E-state index in [0.29, 0.717) is 18.3 Å². The molecule has 0 aromatic heterocycles. The SMILES string of the molecule is O=C(O)c1ccc(Br)cc1OCC1CCCC1. The summed E-state index contributed by atoms with van der Waals surface area (Å²) in [7, 11) is 0. The van der Waals surface area contributed by atoms with E-state index in [1.54, 1.807) is 18.2 Å². The fourth-order valence-electron chi connectivity index (χ4n) is 2.18.